The van der Waals surface area contributed by atoms with Gasteiger partial charge in [-0.15, -0.1) is 0 Å². The summed E-state index contributed by atoms with van der Waals surface area (Å²) in [7, 11) is -2.84. The molecule has 0 aliphatic heterocycles. The van der Waals surface area contributed by atoms with Crippen LogP contribution in [-0.2, 0) is 9.84 Å². The summed E-state index contributed by atoms with van der Waals surface area (Å²) in [4.78, 5) is 0. The van der Waals surface area contributed by atoms with Crippen LogP contribution in [0, 0.1) is 0 Å². The maximum atomic E-state index is 10.9. The van der Waals surface area contributed by atoms with Crippen LogP contribution in [-0.4, -0.2) is 32.5 Å². The van der Waals surface area contributed by atoms with E-state index in [-0.39, 0.29) is 11.8 Å². The van der Waals surface area contributed by atoms with Crippen molar-refractivity contribution in [3.63, 3.8) is 0 Å². The van der Waals surface area contributed by atoms with Gasteiger partial charge in [0.25, 0.3) is 0 Å². The fourth-order valence-corrected chi connectivity index (χ4v) is 2.11. The average molecular weight is 193 g/mol. The van der Waals surface area contributed by atoms with Crippen molar-refractivity contribution < 1.29 is 8.42 Å². The number of nitrogens with one attached hydrogen (secondary N) is 1. The van der Waals surface area contributed by atoms with Crippen LogP contribution in [0.3, 0.4) is 0 Å². The molecule has 0 heterocycles. The third-order valence-electron chi connectivity index (χ3n) is 1.73. The van der Waals surface area contributed by atoms with E-state index in [1.54, 1.807) is 0 Å². The lowest BCUT2D eigenvalue weighted by Gasteiger charge is -2.17. The third-order valence-corrected chi connectivity index (χ3v) is 2.84. The Hall–Kier alpha value is -0.0900. The molecule has 0 aromatic heterocycles. The molecular weight excluding hydrogens is 174 g/mol. The smallest absolute Gasteiger partial charge is 0.148 e. The van der Waals surface area contributed by atoms with Crippen molar-refractivity contribution in [2.24, 2.45) is 0 Å². The quantitative estimate of drug-likeness (QED) is 0.703. The molecule has 0 amide bonds. The van der Waals surface area contributed by atoms with Gasteiger partial charge in [-0.1, -0.05) is 6.92 Å². The molecule has 0 aliphatic rings. The number of sulfone groups is 1. The highest BCUT2D eigenvalue weighted by Gasteiger charge is 2.11. The van der Waals surface area contributed by atoms with E-state index in [1.807, 2.05) is 6.92 Å². The van der Waals surface area contributed by atoms with Crippen molar-refractivity contribution in [1.29, 1.82) is 0 Å². The first-order valence-corrected chi connectivity index (χ1v) is 6.35. The molecule has 0 saturated heterocycles. The van der Waals surface area contributed by atoms with Gasteiger partial charge in [0.15, 0.2) is 0 Å². The molecule has 1 N–H and O–H groups in total. The van der Waals surface area contributed by atoms with Gasteiger partial charge >= 0.3 is 0 Å². The topological polar surface area (TPSA) is 46.2 Å². The summed E-state index contributed by atoms with van der Waals surface area (Å²) in [5.74, 6) is 0.220. The lowest BCUT2D eigenvalue weighted by atomic mass is 10.2. The highest BCUT2D eigenvalue weighted by atomic mass is 32.2. The Kier molecular flexibility index (Phi) is 4.78. The maximum Gasteiger partial charge on any atom is 0.148 e. The lowest BCUT2D eigenvalue weighted by Crippen LogP contribution is -2.38. The van der Waals surface area contributed by atoms with Gasteiger partial charge in [0.2, 0.25) is 0 Å². The summed E-state index contributed by atoms with van der Waals surface area (Å²) >= 11 is 0. The summed E-state index contributed by atoms with van der Waals surface area (Å²) in [6.45, 7) is 6.02. The summed E-state index contributed by atoms with van der Waals surface area (Å²) in [5.41, 5.74) is 0. The second-order valence-electron chi connectivity index (χ2n) is 3.47. The normalized spacial score (nSPS) is 17.3. The second-order valence-corrected chi connectivity index (χ2v) is 5.65. The van der Waals surface area contributed by atoms with Crippen LogP contribution in [0.2, 0.25) is 0 Å². The monoisotopic (exact) mass is 193 g/mol. The number of rotatable bonds is 5. The molecule has 0 aromatic rings. The largest absolute Gasteiger partial charge is 0.311 e. The second kappa shape index (κ2) is 4.82. The maximum absolute atomic E-state index is 10.9. The minimum Gasteiger partial charge on any atom is -0.311 e. The van der Waals surface area contributed by atoms with Crippen molar-refractivity contribution in [1.82, 2.24) is 5.32 Å². The van der Waals surface area contributed by atoms with E-state index in [9.17, 15) is 8.42 Å². The number of hydrogen-bond acceptors (Lipinski definition) is 3. The van der Waals surface area contributed by atoms with Gasteiger partial charge in [0.05, 0.1) is 5.75 Å². The molecule has 2 atom stereocenters. The molecule has 0 rings (SSSR count). The van der Waals surface area contributed by atoms with E-state index in [2.05, 4.69) is 19.2 Å². The van der Waals surface area contributed by atoms with E-state index in [0.717, 1.165) is 6.42 Å². The molecule has 74 valence electrons. The minimum absolute atomic E-state index is 0.0509. The Morgan fingerprint density at radius 2 is 1.75 bits per heavy atom. The van der Waals surface area contributed by atoms with Crippen molar-refractivity contribution in [2.45, 2.75) is 39.3 Å². The van der Waals surface area contributed by atoms with Crippen molar-refractivity contribution >= 4 is 9.84 Å². The van der Waals surface area contributed by atoms with Crippen LogP contribution in [0.1, 0.15) is 27.2 Å². The molecule has 0 bridgehead atoms. The summed E-state index contributed by atoms with van der Waals surface area (Å²) in [6.07, 6.45) is 2.29. The Morgan fingerprint density at radius 1 is 1.25 bits per heavy atom. The van der Waals surface area contributed by atoms with Gasteiger partial charge in [-0.05, 0) is 20.3 Å². The lowest BCUT2D eigenvalue weighted by molar-refractivity contribution is 0.476. The van der Waals surface area contributed by atoms with Crippen LogP contribution in [0.15, 0.2) is 0 Å². The molecule has 0 spiro atoms. The van der Waals surface area contributed by atoms with E-state index >= 15 is 0 Å². The highest BCUT2D eigenvalue weighted by molar-refractivity contribution is 7.90. The van der Waals surface area contributed by atoms with Crippen LogP contribution in [0.5, 0.6) is 0 Å². The van der Waals surface area contributed by atoms with Gasteiger partial charge in [0, 0.05) is 18.3 Å². The van der Waals surface area contributed by atoms with Gasteiger partial charge in [-0.2, -0.15) is 0 Å². The zero-order chi connectivity index (χ0) is 9.78. The van der Waals surface area contributed by atoms with E-state index in [4.69, 9.17) is 0 Å². The molecule has 0 aliphatic carbocycles. The predicted octanol–water partition coefficient (Wildman–Crippen LogP) is 0.808. The molecule has 0 radical (unpaired) electrons. The Balaban J connectivity index is 3.82. The Morgan fingerprint density at radius 3 is 2.08 bits per heavy atom. The van der Waals surface area contributed by atoms with Crippen molar-refractivity contribution in [2.75, 3.05) is 12.0 Å². The zero-order valence-electron chi connectivity index (χ0n) is 8.29. The molecule has 12 heavy (non-hydrogen) atoms. The van der Waals surface area contributed by atoms with E-state index in [0.29, 0.717) is 6.04 Å². The fourth-order valence-electron chi connectivity index (χ4n) is 1.11. The molecule has 2 unspecified atom stereocenters. The Bertz CT molecular complexity index is 211. The van der Waals surface area contributed by atoms with Crippen LogP contribution in [0.25, 0.3) is 0 Å². The van der Waals surface area contributed by atoms with Gasteiger partial charge in [0.1, 0.15) is 9.84 Å². The third kappa shape index (κ3) is 6.61. The zero-order valence-corrected chi connectivity index (χ0v) is 9.11. The Labute approximate surface area is 75.5 Å². The first-order valence-electron chi connectivity index (χ1n) is 4.29. The summed E-state index contributed by atoms with van der Waals surface area (Å²) in [6, 6.07) is 0.441. The molecule has 3 nitrogen and oxygen atoms in total. The highest BCUT2D eigenvalue weighted by Crippen LogP contribution is 1.95. The standard InChI is InChI=1S/C8H19NO2S/c1-5-7(2)9-8(3)6-12(4,10)11/h7-9H,5-6H2,1-4H3. The van der Waals surface area contributed by atoms with Crippen LogP contribution in [0.4, 0.5) is 0 Å². The molecule has 4 heteroatoms. The van der Waals surface area contributed by atoms with Crippen molar-refractivity contribution in [3.8, 4) is 0 Å². The molecule has 0 aromatic carbocycles. The SMILES string of the molecule is CCC(C)NC(C)CS(C)(=O)=O. The summed E-state index contributed by atoms with van der Waals surface area (Å²) in [5, 5.41) is 3.21. The van der Waals surface area contributed by atoms with Gasteiger partial charge < -0.3 is 5.32 Å². The first-order chi connectivity index (χ1) is 5.35. The van der Waals surface area contributed by atoms with Crippen molar-refractivity contribution in [3.05, 3.63) is 0 Å². The van der Waals surface area contributed by atoms with Crippen LogP contribution < -0.4 is 5.32 Å². The molecular formula is C8H19NO2S. The average Bonchev–Trinajstić information content (AvgIpc) is 1.82. The molecule has 0 saturated carbocycles. The predicted molar refractivity (Wildman–Crippen MR) is 52.1 cm³/mol. The van der Waals surface area contributed by atoms with Crippen LogP contribution >= 0.6 is 0 Å². The van der Waals surface area contributed by atoms with E-state index in [1.165, 1.54) is 6.26 Å². The van der Waals surface area contributed by atoms with Gasteiger partial charge in [-0.25, -0.2) is 8.42 Å². The molecule has 0 fully saturated rings. The number of hydrogen-bond donors (Lipinski definition) is 1. The minimum atomic E-state index is -2.84. The summed E-state index contributed by atoms with van der Waals surface area (Å²) < 4.78 is 21.7. The van der Waals surface area contributed by atoms with Gasteiger partial charge in [-0.3, -0.25) is 0 Å². The first kappa shape index (κ1) is 11.9. The van der Waals surface area contributed by atoms with E-state index < -0.39 is 9.84 Å². The fraction of sp³-hybridized carbons (Fsp3) is 1.00.